The second-order valence-corrected chi connectivity index (χ2v) is 7.79. The lowest BCUT2D eigenvalue weighted by Crippen LogP contribution is -2.49. The minimum absolute atomic E-state index is 0. The zero-order valence-corrected chi connectivity index (χ0v) is 20.8. The summed E-state index contributed by atoms with van der Waals surface area (Å²) < 4.78 is 5.10. The molecule has 0 aromatic heterocycles. The van der Waals surface area contributed by atoms with Crippen molar-refractivity contribution in [2.75, 3.05) is 44.7 Å². The third-order valence-corrected chi connectivity index (χ3v) is 5.62. The lowest BCUT2D eigenvalue weighted by molar-refractivity contribution is 0.0963. The van der Waals surface area contributed by atoms with Crippen LogP contribution in [-0.2, 0) is 17.7 Å². The van der Waals surface area contributed by atoms with Crippen LogP contribution in [0.3, 0.4) is 0 Å². The van der Waals surface area contributed by atoms with Crippen LogP contribution in [0.25, 0.3) is 0 Å². The Morgan fingerprint density at radius 3 is 2.70 bits per heavy atom. The van der Waals surface area contributed by atoms with Crippen LogP contribution in [0.15, 0.2) is 23.2 Å². The number of anilines is 1. The summed E-state index contributed by atoms with van der Waals surface area (Å²) in [6, 6.07) is 7.03. The third-order valence-electron chi connectivity index (χ3n) is 5.62. The summed E-state index contributed by atoms with van der Waals surface area (Å²) in [6.07, 6.45) is 3.95. The van der Waals surface area contributed by atoms with Crippen molar-refractivity contribution in [2.45, 2.75) is 52.1 Å². The van der Waals surface area contributed by atoms with Crippen molar-refractivity contribution in [2.24, 2.45) is 4.99 Å². The number of likely N-dealkylation sites (tertiary alicyclic amines) is 1. The number of carbonyl (C=O) groups excluding carboxylic acids is 1. The highest BCUT2D eigenvalue weighted by molar-refractivity contribution is 14.0. The Hall–Kier alpha value is -1.71. The first-order valence-corrected chi connectivity index (χ1v) is 10.9. The van der Waals surface area contributed by atoms with E-state index in [0.717, 1.165) is 38.3 Å². The molecule has 0 atom stereocenters. The molecule has 2 aliphatic heterocycles. The largest absolute Gasteiger partial charge is 0.450 e. The average Bonchev–Trinajstić information content (AvgIpc) is 2.73. The number of halogens is 1. The van der Waals surface area contributed by atoms with E-state index in [2.05, 4.69) is 47.7 Å². The molecule has 1 amide bonds. The molecule has 1 fully saturated rings. The third kappa shape index (κ3) is 6.65. The van der Waals surface area contributed by atoms with Gasteiger partial charge in [-0.2, -0.15) is 0 Å². The number of hydrogen-bond acceptors (Lipinski definition) is 4. The van der Waals surface area contributed by atoms with Gasteiger partial charge in [-0.3, -0.25) is 0 Å². The molecule has 0 unspecified atom stereocenters. The minimum Gasteiger partial charge on any atom is -0.450 e. The number of benzene rings is 1. The molecule has 1 saturated heterocycles. The summed E-state index contributed by atoms with van der Waals surface area (Å²) >= 11 is 0. The normalized spacial score (nSPS) is 17.1. The molecule has 2 heterocycles. The molecule has 8 heteroatoms. The number of rotatable bonds is 5. The highest BCUT2D eigenvalue weighted by Gasteiger charge is 2.24. The van der Waals surface area contributed by atoms with E-state index >= 15 is 0 Å². The fraction of sp³-hybridized carbons (Fsp3) is 0.636. The van der Waals surface area contributed by atoms with Crippen LogP contribution in [0.5, 0.6) is 0 Å². The SMILES string of the molecule is CCNC(=NCc1ccc2c(c1)CCCN2C)NC1CCN(C(=O)OCC)CC1.I. The van der Waals surface area contributed by atoms with E-state index in [4.69, 9.17) is 9.73 Å². The van der Waals surface area contributed by atoms with Crippen LogP contribution >= 0.6 is 24.0 Å². The number of fused-ring (bicyclic) bond motifs is 1. The van der Waals surface area contributed by atoms with Crippen LogP contribution in [-0.4, -0.2) is 62.8 Å². The topological polar surface area (TPSA) is 69.2 Å². The van der Waals surface area contributed by atoms with Crippen LogP contribution < -0.4 is 15.5 Å². The number of hydrogen-bond donors (Lipinski definition) is 2. The molecule has 1 aromatic carbocycles. The van der Waals surface area contributed by atoms with Crippen molar-refractivity contribution < 1.29 is 9.53 Å². The van der Waals surface area contributed by atoms with Crippen LogP contribution in [0.2, 0.25) is 0 Å². The molecule has 30 heavy (non-hydrogen) atoms. The van der Waals surface area contributed by atoms with Crippen molar-refractivity contribution in [3.05, 3.63) is 29.3 Å². The van der Waals surface area contributed by atoms with Crippen molar-refractivity contribution in [3.63, 3.8) is 0 Å². The number of guanidine groups is 1. The number of nitrogens with zero attached hydrogens (tertiary/aromatic N) is 3. The number of aryl methyl sites for hydroxylation is 1. The van der Waals surface area contributed by atoms with Gasteiger partial charge in [-0.05, 0) is 56.7 Å². The van der Waals surface area contributed by atoms with E-state index in [1.165, 1.54) is 23.2 Å². The summed E-state index contributed by atoms with van der Waals surface area (Å²) in [5.74, 6) is 0.844. The standard InChI is InChI=1S/C22H35N5O2.HI/c1-4-23-21(25-19-10-13-27(14-11-19)22(28)29-5-2)24-16-17-8-9-20-18(15-17)7-6-12-26(20)3;/h8-9,15,19H,4-7,10-14,16H2,1-3H3,(H2,23,24,25);1H. The van der Waals surface area contributed by atoms with Gasteiger partial charge in [-0.25, -0.2) is 9.79 Å². The van der Waals surface area contributed by atoms with E-state index in [1.54, 1.807) is 4.90 Å². The maximum atomic E-state index is 11.9. The first-order chi connectivity index (χ1) is 14.1. The molecule has 168 valence electrons. The van der Waals surface area contributed by atoms with E-state index in [0.29, 0.717) is 32.3 Å². The predicted molar refractivity (Wildman–Crippen MR) is 133 cm³/mol. The Kier molecular flexibility index (Phi) is 10.0. The molecule has 3 rings (SSSR count). The van der Waals surface area contributed by atoms with Gasteiger partial charge in [0.1, 0.15) is 0 Å². The maximum Gasteiger partial charge on any atom is 0.409 e. The summed E-state index contributed by atoms with van der Waals surface area (Å²) in [5.41, 5.74) is 4.02. The first kappa shape index (κ1) is 24.6. The highest BCUT2D eigenvalue weighted by atomic mass is 127. The van der Waals surface area contributed by atoms with Gasteiger partial charge >= 0.3 is 6.09 Å². The smallest absolute Gasteiger partial charge is 0.409 e. The second-order valence-electron chi connectivity index (χ2n) is 7.79. The quantitative estimate of drug-likeness (QED) is 0.348. The summed E-state index contributed by atoms with van der Waals surface area (Å²) in [5, 5.41) is 6.89. The molecule has 1 aromatic rings. The van der Waals surface area contributed by atoms with Gasteiger partial charge in [0, 0.05) is 45.0 Å². The van der Waals surface area contributed by atoms with E-state index in [-0.39, 0.29) is 30.1 Å². The first-order valence-electron chi connectivity index (χ1n) is 10.9. The molecule has 0 bridgehead atoms. The van der Waals surface area contributed by atoms with Crippen LogP contribution in [0.1, 0.15) is 44.2 Å². The molecule has 7 nitrogen and oxygen atoms in total. The molecule has 0 aliphatic carbocycles. The maximum absolute atomic E-state index is 11.9. The number of aliphatic imine (C=N–C) groups is 1. The van der Waals surface area contributed by atoms with Crippen LogP contribution in [0, 0.1) is 0 Å². The van der Waals surface area contributed by atoms with Crippen molar-refractivity contribution >= 4 is 41.7 Å². The summed E-state index contributed by atoms with van der Waals surface area (Å²) in [4.78, 5) is 20.8. The average molecular weight is 529 g/mol. The van der Waals surface area contributed by atoms with Gasteiger partial charge in [0.15, 0.2) is 5.96 Å². The molecular formula is C22H36IN5O2. The molecule has 0 spiro atoms. The predicted octanol–water partition coefficient (Wildman–Crippen LogP) is 3.36. The molecular weight excluding hydrogens is 493 g/mol. The fourth-order valence-electron chi connectivity index (χ4n) is 4.04. The second kappa shape index (κ2) is 12.2. The Morgan fingerprint density at radius 1 is 1.23 bits per heavy atom. The van der Waals surface area contributed by atoms with Crippen molar-refractivity contribution in [1.82, 2.24) is 15.5 Å². The van der Waals surface area contributed by atoms with Gasteiger partial charge in [-0.1, -0.05) is 12.1 Å². The van der Waals surface area contributed by atoms with Gasteiger partial charge < -0.3 is 25.2 Å². The number of piperidine rings is 1. The van der Waals surface area contributed by atoms with Crippen molar-refractivity contribution in [1.29, 1.82) is 0 Å². The molecule has 2 N–H and O–H groups in total. The lowest BCUT2D eigenvalue weighted by Gasteiger charge is -2.32. The van der Waals surface area contributed by atoms with Gasteiger partial charge in [0.05, 0.1) is 13.2 Å². The summed E-state index contributed by atoms with van der Waals surface area (Å²) in [6.45, 7) is 8.39. The number of amides is 1. The van der Waals surface area contributed by atoms with E-state index in [9.17, 15) is 4.79 Å². The van der Waals surface area contributed by atoms with Gasteiger partial charge in [0.2, 0.25) is 0 Å². The highest BCUT2D eigenvalue weighted by Crippen LogP contribution is 2.27. The molecule has 0 saturated carbocycles. The Bertz CT molecular complexity index is 719. The Morgan fingerprint density at radius 2 is 2.00 bits per heavy atom. The van der Waals surface area contributed by atoms with E-state index < -0.39 is 0 Å². The zero-order chi connectivity index (χ0) is 20.6. The summed E-state index contributed by atoms with van der Waals surface area (Å²) in [7, 11) is 2.16. The molecule has 2 aliphatic rings. The lowest BCUT2D eigenvalue weighted by atomic mass is 10.00. The van der Waals surface area contributed by atoms with E-state index in [1.807, 2.05) is 6.92 Å². The van der Waals surface area contributed by atoms with Crippen molar-refractivity contribution in [3.8, 4) is 0 Å². The number of carbonyl (C=O) groups is 1. The number of ether oxygens (including phenoxy) is 1. The zero-order valence-electron chi connectivity index (χ0n) is 18.4. The fourth-order valence-corrected chi connectivity index (χ4v) is 4.04. The molecule has 0 radical (unpaired) electrons. The monoisotopic (exact) mass is 529 g/mol. The van der Waals surface area contributed by atoms with Gasteiger partial charge in [0.25, 0.3) is 0 Å². The Labute approximate surface area is 197 Å². The Balaban J connectivity index is 0.00000320. The van der Waals surface area contributed by atoms with Crippen LogP contribution in [0.4, 0.5) is 10.5 Å². The number of nitrogens with one attached hydrogen (secondary N) is 2. The van der Waals surface area contributed by atoms with Gasteiger partial charge in [-0.15, -0.1) is 24.0 Å². The minimum atomic E-state index is -0.204.